The number of aromatic nitrogens is 8. The Morgan fingerprint density at radius 1 is 0.636 bits per heavy atom. The van der Waals surface area contributed by atoms with E-state index in [9.17, 15) is 0 Å². The molecule has 4 aromatic carbocycles. The maximum atomic E-state index is 5.05. The Labute approximate surface area is 263 Å². The maximum Gasteiger partial charge on any atom is 0.180 e. The van der Waals surface area contributed by atoms with E-state index in [4.69, 9.17) is 10.1 Å². The van der Waals surface area contributed by atoms with E-state index in [1.807, 2.05) is 30.3 Å². The molecule has 10 heteroatoms. The molecule has 0 aliphatic rings. The van der Waals surface area contributed by atoms with Crippen LogP contribution >= 0.6 is 23.5 Å². The third kappa shape index (κ3) is 5.99. The Hall–Kier alpha value is -4.80. The lowest BCUT2D eigenvalue weighted by Gasteiger charge is -2.12. The van der Waals surface area contributed by atoms with E-state index in [2.05, 4.69) is 116 Å². The molecule has 216 valence electrons. The van der Waals surface area contributed by atoms with Crippen LogP contribution in [0.3, 0.4) is 0 Å². The van der Waals surface area contributed by atoms with Crippen LogP contribution in [0, 0.1) is 6.92 Å². The zero-order valence-corrected chi connectivity index (χ0v) is 25.6. The van der Waals surface area contributed by atoms with Crippen LogP contribution in [0.4, 0.5) is 0 Å². The summed E-state index contributed by atoms with van der Waals surface area (Å²) in [6, 6.07) is 37.7. The number of H-pyrrole nitrogens is 1. The van der Waals surface area contributed by atoms with Crippen LogP contribution in [0.25, 0.3) is 33.5 Å². The molecule has 0 amide bonds. The van der Waals surface area contributed by atoms with Crippen molar-refractivity contribution in [2.45, 2.75) is 35.0 Å². The molecule has 0 radical (unpaired) electrons. The fourth-order valence-corrected chi connectivity index (χ4v) is 6.95. The summed E-state index contributed by atoms with van der Waals surface area (Å²) >= 11 is 3.38. The van der Waals surface area contributed by atoms with Crippen molar-refractivity contribution in [1.29, 1.82) is 0 Å². The molecular weight excluding hydrogens is 585 g/mol. The zero-order chi connectivity index (χ0) is 29.7. The van der Waals surface area contributed by atoms with E-state index in [1.165, 1.54) is 16.7 Å². The number of benzene rings is 4. The number of thioether (sulfide) groups is 2. The van der Waals surface area contributed by atoms with Crippen molar-refractivity contribution in [1.82, 2.24) is 40.4 Å². The van der Waals surface area contributed by atoms with Crippen LogP contribution in [0.2, 0.25) is 0 Å². The molecule has 1 N–H and O–H groups in total. The smallest absolute Gasteiger partial charge is 0.180 e. The van der Waals surface area contributed by atoms with Gasteiger partial charge in [0.25, 0.3) is 0 Å². The molecule has 0 aliphatic heterocycles. The minimum Gasteiger partial charge on any atom is -0.321 e. The predicted octanol–water partition coefficient (Wildman–Crippen LogP) is 7.61. The third-order valence-electron chi connectivity index (χ3n) is 7.37. The van der Waals surface area contributed by atoms with Crippen LogP contribution < -0.4 is 0 Å². The monoisotopic (exact) mass is 612 g/mol. The van der Waals surface area contributed by atoms with E-state index in [0.29, 0.717) is 12.4 Å². The normalized spacial score (nSPS) is 11.3. The summed E-state index contributed by atoms with van der Waals surface area (Å²) in [5.74, 6) is 3.19. The molecule has 0 atom stereocenters. The first kappa shape index (κ1) is 28.0. The van der Waals surface area contributed by atoms with Crippen LogP contribution in [-0.4, -0.2) is 40.4 Å². The van der Waals surface area contributed by atoms with Gasteiger partial charge in [-0.2, -0.15) is 0 Å². The average molecular weight is 613 g/mol. The molecule has 7 aromatic rings. The number of aryl methyl sites for hydroxylation is 1. The lowest BCUT2D eigenvalue weighted by molar-refractivity contribution is 0.770. The zero-order valence-electron chi connectivity index (χ0n) is 24.0. The number of nitrogens with one attached hydrogen (secondary N) is 1. The third-order valence-corrected chi connectivity index (χ3v) is 9.42. The SMILES string of the molecule is Cc1nc2c(SCc3ccccc3)nnc(SCc3ccccc3)c2n1Cc1ccc(-c2ccccc2-c2nnn[nH]2)cc1. The van der Waals surface area contributed by atoms with Crippen molar-refractivity contribution >= 4 is 34.6 Å². The van der Waals surface area contributed by atoms with Crippen molar-refractivity contribution in [3.63, 3.8) is 0 Å². The van der Waals surface area contributed by atoms with Gasteiger partial charge in [0.15, 0.2) is 5.82 Å². The highest BCUT2D eigenvalue weighted by atomic mass is 32.2. The summed E-state index contributed by atoms with van der Waals surface area (Å²) in [5, 5.41) is 25.7. The van der Waals surface area contributed by atoms with Crippen molar-refractivity contribution in [3.8, 4) is 22.5 Å². The van der Waals surface area contributed by atoms with Crippen LogP contribution in [0.1, 0.15) is 22.5 Å². The van der Waals surface area contributed by atoms with Gasteiger partial charge in [0.1, 0.15) is 26.9 Å². The highest BCUT2D eigenvalue weighted by Crippen LogP contribution is 2.35. The molecule has 0 unspecified atom stereocenters. The van der Waals surface area contributed by atoms with Crippen molar-refractivity contribution in [2.75, 3.05) is 0 Å². The summed E-state index contributed by atoms with van der Waals surface area (Å²) in [6.45, 7) is 2.73. The first-order valence-electron chi connectivity index (χ1n) is 14.2. The molecule has 3 aromatic heterocycles. The molecule has 0 saturated carbocycles. The molecule has 0 spiro atoms. The predicted molar refractivity (Wildman–Crippen MR) is 176 cm³/mol. The Bertz CT molecular complexity index is 1990. The Morgan fingerprint density at radius 3 is 1.91 bits per heavy atom. The van der Waals surface area contributed by atoms with Gasteiger partial charge in [-0.25, -0.2) is 10.1 Å². The lowest BCUT2D eigenvalue weighted by Crippen LogP contribution is -2.04. The summed E-state index contributed by atoms with van der Waals surface area (Å²) < 4.78 is 2.27. The maximum absolute atomic E-state index is 5.05. The molecule has 0 saturated heterocycles. The standard InChI is InChI=1S/C34H28N8S2/c1-23-35-30-31(34(44-22-26-12-6-3-7-13-26)39-38-33(30)43-21-25-10-4-2-5-11-25)42(23)20-24-16-18-27(19-17-24)28-14-8-9-15-29(28)32-36-40-41-37-32/h2-19H,20-22H2,1H3,(H,36,37,40,41). The average Bonchev–Trinajstić information content (AvgIpc) is 3.73. The number of rotatable bonds is 10. The Balaban J connectivity index is 1.21. The number of hydrogen-bond acceptors (Lipinski definition) is 8. The van der Waals surface area contributed by atoms with Crippen LogP contribution in [0.5, 0.6) is 0 Å². The minimum absolute atomic E-state index is 0.646. The number of fused-ring (bicyclic) bond motifs is 1. The van der Waals surface area contributed by atoms with Crippen molar-refractivity contribution < 1.29 is 0 Å². The number of nitrogens with zero attached hydrogens (tertiary/aromatic N) is 7. The van der Waals surface area contributed by atoms with E-state index in [0.717, 1.165) is 55.1 Å². The molecule has 0 fully saturated rings. The second kappa shape index (κ2) is 12.8. The van der Waals surface area contributed by atoms with Gasteiger partial charge in [-0.3, -0.25) is 0 Å². The first-order chi connectivity index (χ1) is 21.7. The van der Waals surface area contributed by atoms with E-state index < -0.39 is 0 Å². The summed E-state index contributed by atoms with van der Waals surface area (Å²) in [7, 11) is 0. The Morgan fingerprint density at radius 2 is 1.25 bits per heavy atom. The highest BCUT2D eigenvalue weighted by molar-refractivity contribution is 7.99. The minimum atomic E-state index is 0.646. The first-order valence-corrected chi connectivity index (χ1v) is 16.2. The van der Waals surface area contributed by atoms with E-state index in [1.54, 1.807) is 23.5 Å². The molecular formula is C34H28N8S2. The molecule has 44 heavy (non-hydrogen) atoms. The second-order valence-corrected chi connectivity index (χ2v) is 12.2. The van der Waals surface area contributed by atoms with Gasteiger partial charge >= 0.3 is 0 Å². The van der Waals surface area contributed by atoms with E-state index >= 15 is 0 Å². The molecule has 8 nitrogen and oxygen atoms in total. The second-order valence-electron chi connectivity index (χ2n) is 10.3. The van der Waals surface area contributed by atoms with Gasteiger partial charge < -0.3 is 4.57 Å². The van der Waals surface area contributed by atoms with Gasteiger partial charge in [-0.1, -0.05) is 133 Å². The van der Waals surface area contributed by atoms with Crippen molar-refractivity contribution in [3.05, 3.63) is 132 Å². The van der Waals surface area contributed by atoms with Crippen LogP contribution in [-0.2, 0) is 18.1 Å². The van der Waals surface area contributed by atoms with E-state index in [-0.39, 0.29) is 0 Å². The lowest BCUT2D eigenvalue weighted by atomic mass is 9.98. The molecule has 0 aliphatic carbocycles. The van der Waals surface area contributed by atoms with Gasteiger partial charge in [0, 0.05) is 23.6 Å². The number of aromatic amines is 1. The largest absolute Gasteiger partial charge is 0.321 e. The van der Waals surface area contributed by atoms with Gasteiger partial charge in [0.2, 0.25) is 0 Å². The van der Waals surface area contributed by atoms with Gasteiger partial charge in [-0.05, 0) is 45.2 Å². The van der Waals surface area contributed by atoms with Gasteiger partial charge in [-0.15, -0.1) is 15.3 Å². The van der Waals surface area contributed by atoms with Gasteiger partial charge in [0.05, 0.1) is 0 Å². The number of imidazole rings is 1. The van der Waals surface area contributed by atoms with Crippen molar-refractivity contribution in [2.24, 2.45) is 0 Å². The topological polar surface area (TPSA) is 98.1 Å². The molecule has 3 heterocycles. The number of tetrazole rings is 1. The quantitative estimate of drug-likeness (QED) is 0.158. The fraction of sp³-hybridized carbons (Fsp3) is 0.118. The Kier molecular flexibility index (Phi) is 8.16. The summed E-state index contributed by atoms with van der Waals surface area (Å²) in [4.78, 5) is 5.05. The number of hydrogen-bond donors (Lipinski definition) is 1. The fourth-order valence-electron chi connectivity index (χ4n) is 5.14. The highest BCUT2D eigenvalue weighted by Gasteiger charge is 2.20. The molecule has 7 rings (SSSR count). The molecule has 0 bridgehead atoms. The van der Waals surface area contributed by atoms with Crippen LogP contribution in [0.15, 0.2) is 119 Å². The summed E-state index contributed by atoms with van der Waals surface area (Å²) in [5.41, 5.74) is 8.71. The summed E-state index contributed by atoms with van der Waals surface area (Å²) in [6.07, 6.45) is 0.